The summed E-state index contributed by atoms with van der Waals surface area (Å²) in [6.45, 7) is 1.76. The molecule has 0 aromatic carbocycles. The highest BCUT2D eigenvalue weighted by Gasteiger charge is 2.08. The molecule has 0 aliphatic carbocycles. The van der Waals surface area contributed by atoms with Gasteiger partial charge in [-0.2, -0.15) is 0 Å². The molecule has 0 saturated heterocycles. The lowest BCUT2D eigenvalue weighted by Gasteiger charge is -2.12. The number of carboxylic acids is 1. The van der Waals surface area contributed by atoms with Crippen LogP contribution in [0.2, 0.25) is 0 Å². The number of anilines is 1. The summed E-state index contributed by atoms with van der Waals surface area (Å²) in [5.41, 5.74) is 0.983. The molecular formula is C9H12N2O2. The Labute approximate surface area is 76.8 Å². The number of carbonyl (C=O) groups is 1. The van der Waals surface area contributed by atoms with Crippen LogP contribution in [0.25, 0.3) is 0 Å². The summed E-state index contributed by atoms with van der Waals surface area (Å²) in [5.74, 6) is -0.169. The van der Waals surface area contributed by atoms with Crippen molar-refractivity contribution in [1.82, 2.24) is 4.98 Å². The number of nitrogens with zero attached hydrogens (tertiary/aromatic N) is 2. The highest BCUT2D eigenvalue weighted by Crippen LogP contribution is 2.13. The maximum atomic E-state index is 10.6. The molecule has 1 heterocycles. The standard InChI is InChI=1S/C9H12N2O2/c1-6-4-8(11(2)3)10-5-7(6)9(12)13/h4-5H,1-3H3,(H,12,13). The summed E-state index contributed by atoms with van der Waals surface area (Å²) >= 11 is 0. The van der Waals surface area contributed by atoms with Crippen molar-refractivity contribution >= 4 is 11.8 Å². The first-order valence-electron chi connectivity index (χ1n) is 3.89. The van der Waals surface area contributed by atoms with Crippen LogP contribution in [0, 0.1) is 6.92 Å². The molecular weight excluding hydrogens is 168 g/mol. The molecule has 1 N–H and O–H groups in total. The van der Waals surface area contributed by atoms with E-state index in [2.05, 4.69) is 4.98 Å². The third kappa shape index (κ3) is 1.96. The maximum absolute atomic E-state index is 10.6. The van der Waals surface area contributed by atoms with Crippen molar-refractivity contribution in [1.29, 1.82) is 0 Å². The van der Waals surface area contributed by atoms with E-state index in [1.165, 1.54) is 6.20 Å². The largest absolute Gasteiger partial charge is 0.478 e. The van der Waals surface area contributed by atoms with Gasteiger partial charge in [-0.3, -0.25) is 0 Å². The van der Waals surface area contributed by atoms with Gasteiger partial charge in [-0.05, 0) is 18.6 Å². The highest BCUT2D eigenvalue weighted by molar-refractivity contribution is 5.89. The number of aryl methyl sites for hydroxylation is 1. The Morgan fingerprint density at radius 3 is 2.54 bits per heavy atom. The molecule has 4 nitrogen and oxygen atoms in total. The van der Waals surface area contributed by atoms with Crippen molar-refractivity contribution in [2.45, 2.75) is 6.92 Å². The molecule has 0 aliphatic rings. The van der Waals surface area contributed by atoms with E-state index < -0.39 is 5.97 Å². The average molecular weight is 180 g/mol. The number of aromatic nitrogens is 1. The summed E-state index contributed by atoms with van der Waals surface area (Å²) in [7, 11) is 3.73. The molecule has 0 aliphatic heterocycles. The van der Waals surface area contributed by atoms with E-state index in [-0.39, 0.29) is 5.56 Å². The SMILES string of the molecule is Cc1cc(N(C)C)ncc1C(=O)O. The predicted molar refractivity (Wildman–Crippen MR) is 50.3 cm³/mol. The monoisotopic (exact) mass is 180 g/mol. The molecule has 1 rings (SSSR count). The number of carboxylic acid groups (broad SMARTS) is 1. The van der Waals surface area contributed by atoms with Gasteiger partial charge in [-0.15, -0.1) is 0 Å². The van der Waals surface area contributed by atoms with E-state index in [0.29, 0.717) is 0 Å². The smallest absolute Gasteiger partial charge is 0.337 e. The Morgan fingerprint density at radius 2 is 2.15 bits per heavy atom. The van der Waals surface area contributed by atoms with E-state index in [9.17, 15) is 4.79 Å². The second-order valence-corrected chi connectivity index (χ2v) is 3.06. The number of pyridine rings is 1. The van der Waals surface area contributed by atoms with Gasteiger partial charge in [0.25, 0.3) is 0 Å². The second kappa shape index (κ2) is 3.43. The van der Waals surface area contributed by atoms with E-state index in [1.807, 2.05) is 19.0 Å². The van der Waals surface area contributed by atoms with Gasteiger partial charge in [-0.25, -0.2) is 9.78 Å². The van der Waals surface area contributed by atoms with Gasteiger partial charge in [-0.1, -0.05) is 0 Å². The fraction of sp³-hybridized carbons (Fsp3) is 0.333. The average Bonchev–Trinajstić information content (AvgIpc) is 2.03. The molecule has 4 heteroatoms. The van der Waals surface area contributed by atoms with Crippen molar-refractivity contribution in [2.24, 2.45) is 0 Å². The van der Waals surface area contributed by atoms with Crippen molar-refractivity contribution < 1.29 is 9.90 Å². The number of aromatic carboxylic acids is 1. The van der Waals surface area contributed by atoms with Crippen LogP contribution >= 0.6 is 0 Å². The van der Waals surface area contributed by atoms with Crippen molar-refractivity contribution in [2.75, 3.05) is 19.0 Å². The quantitative estimate of drug-likeness (QED) is 0.741. The Morgan fingerprint density at radius 1 is 1.54 bits per heavy atom. The summed E-state index contributed by atoms with van der Waals surface area (Å²) in [6, 6.07) is 1.75. The molecule has 0 unspecified atom stereocenters. The summed E-state index contributed by atoms with van der Waals surface area (Å²) in [4.78, 5) is 16.5. The van der Waals surface area contributed by atoms with Crippen LogP contribution in [0.4, 0.5) is 5.82 Å². The van der Waals surface area contributed by atoms with Crippen LogP contribution in [-0.2, 0) is 0 Å². The van der Waals surface area contributed by atoms with Gasteiger partial charge in [0.2, 0.25) is 0 Å². The van der Waals surface area contributed by atoms with E-state index in [4.69, 9.17) is 5.11 Å². The minimum Gasteiger partial charge on any atom is -0.478 e. The molecule has 0 amide bonds. The van der Waals surface area contributed by atoms with Crippen LogP contribution in [0.15, 0.2) is 12.3 Å². The lowest BCUT2D eigenvalue weighted by molar-refractivity contribution is 0.0695. The molecule has 0 bridgehead atoms. The summed E-state index contributed by atoms with van der Waals surface area (Å²) in [5, 5.41) is 8.74. The molecule has 1 aromatic heterocycles. The van der Waals surface area contributed by atoms with Gasteiger partial charge < -0.3 is 10.0 Å². The third-order valence-corrected chi connectivity index (χ3v) is 1.78. The highest BCUT2D eigenvalue weighted by atomic mass is 16.4. The van der Waals surface area contributed by atoms with Gasteiger partial charge in [0.15, 0.2) is 0 Å². The topological polar surface area (TPSA) is 53.4 Å². The van der Waals surface area contributed by atoms with Crippen molar-refractivity contribution in [3.05, 3.63) is 23.4 Å². The van der Waals surface area contributed by atoms with E-state index in [0.717, 1.165) is 11.4 Å². The molecule has 0 fully saturated rings. The Kier molecular flexibility index (Phi) is 2.51. The summed E-state index contributed by atoms with van der Waals surface area (Å²) < 4.78 is 0. The molecule has 70 valence electrons. The predicted octanol–water partition coefficient (Wildman–Crippen LogP) is 1.15. The first kappa shape index (κ1) is 9.51. The van der Waals surface area contributed by atoms with Crippen LogP contribution in [0.5, 0.6) is 0 Å². The number of hydrogen-bond donors (Lipinski definition) is 1. The molecule has 1 aromatic rings. The van der Waals surface area contributed by atoms with Crippen molar-refractivity contribution in [3.8, 4) is 0 Å². The lowest BCUT2D eigenvalue weighted by Crippen LogP contribution is -2.12. The van der Waals surface area contributed by atoms with Crippen LogP contribution < -0.4 is 4.90 Å². The van der Waals surface area contributed by atoms with E-state index in [1.54, 1.807) is 13.0 Å². The summed E-state index contributed by atoms with van der Waals surface area (Å²) in [6.07, 6.45) is 1.38. The fourth-order valence-electron chi connectivity index (χ4n) is 1.01. The Hall–Kier alpha value is -1.58. The number of hydrogen-bond acceptors (Lipinski definition) is 3. The van der Waals surface area contributed by atoms with Gasteiger partial charge in [0.05, 0.1) is 5.56 Å². The fourth-order valence-corrected chi connectivity index (χ4v) is 1.01. The van der Waals surface area contributed by atoms with Crippen molar-refractivity contribution in [3.63, 3.8) is 0 Å². The minimum absolute atomic E-state index is 0.255. The van der Waals surface area contributed by atoms with E-state index >= 15 is 0 Å². The zero-order valence-electron chi connectivity index (χ0n) is 7.90. The molecule has 13 heavy (non-hydrogen) atoms. The normalized spacial score (nSPS) is 9.77. The molecule has 0 saturated carbocycles. The molecule has 0 radical (unpaired) electrons. The minimum atomic E-state index is -0.935. The Bertz CT molecular complexity index is 334. The van der Waals surface area contributed by atoms with Gasteiger partial charge in [0.1, 0.15) is 5.82 Å². The molecule has 0 atom stereocenters. The maximum Gasteiger partial charge on any atom is 0.337 e. The number of rotatable bonds is 2. The first-order chi connectivity index (χ1) is 6.02. The van der Waals surface area contributed by atoms with Crippen LogP contribution in [0.1, 0.15) is 15.9 Å². The Balaban J connectivity index is 3.13. The zero-order valence-corrected chi connectivity index (χ0v) is 7.90. The van der Waals surface area contributed by atoms with Crippen LogP contribution in [0.3, 0.4) is 0 Å². The molecule has 0 spiro atoms. The first-order valence-corrected chi connectivity index (χ1v) is 3.89. The second-order valence-electron chi connectivity index (χ2n) is 3.06. The zero-order chi connectivity index (χ0) is 10.0. The third-order valence-electron chi connectivity index (χ3n) is 1.78. The lowest BCUT2D eigenvalue weighted by atomic mass is 10.1. The van der Waals surface area contributed by atoms with Gasteiger partial charge >= 0.3 is 5.97 Å². The van der Waals surface area contributed by atoms with Crippen LogP contribution in [-0.4, -0.2) is 30.2 Å². The van der Waals surface area contributed by atoms with Gasteiger partial charge in [0, 0.05) is 20.3 Å².